The minimum absolute atomic E-state index is 0.291. The summed E-state index contributed by atoms with van der Waals surface area (Å²) < 4.78 is 38.5. The lowest BCUT2D eigenvalue weighted by molar-refractivity contribution is 0.602. The molecule has 1 atom stereocenters. The summed E-state index contributed by atoms with van der Waals surface area (Å²) in [6, 6.07) is 18.6. The van der Waals surface area contributed by atoms with Crippen LogP contribution in [0.2, 0.25) is 0 Å². The summed E-state index contributed by atoms with van der Waals surface area (Å²) in [4.78, 5) is 9.90. The summed E-state index contributed by atoms with van der Waals surface area (Å²) in [6.07, 6.45) is 6.52. The first-order valence-corrected chi connectivity index (χ1v) is 16.2. The van der Waals surface area contributed by atoms with Gasteiger partial charge in [-0.15, -0.1) is 0 Å². The first-order chi connectivity index (χ1) is 19.4. The number of pyridine rings is 2. The van der Waals surface area contributed by atoms with E-state index in [-0.39, 0.29) is 0 Å². The van der Waals surface area contributed by atoms with Crippen LogP contribution in [0.25, 0.3) is 44.6 Å². The third-order valence-electron chi connectivity index (χ3n) is 6.61. The zero-order chi connectivity index (χ0) is 29.5. The Bertz CT molecular complexity index is 2060. The van der Waals surface area contributed by atoms with Gasteiger partial charge in [-0.2, -0.15) is 10.2 Å². The van der Waals surface area contributed by atoms with Crippen molar-refractivity contribution in [1.82, 2.24) is 29.5 Å². The van der Waals surface area contributed by atoms with E-state index in [0.717, 1.165) is 60.6 Å². The first kappa shape index (κ1) is 28.3. The molecule has 0 N–H and O–H groups in total. The van der Waals surface area contributed by atoms with Crippen molar-refractivity contribution >= 4 is 42.7 Å². The molecule has 0 spiro atoms. The molecule has 0 bridgehead atoms. The Morgan fingerprint density at radius 1 is 0.732 bits per heavy atom. The first-order valence-electron chi connectivity index (χ1n) is 12.8. The van der Waals surface area contributed by atoms with Crippen molar-refractivity contribution in [3.63, 3.8) is 0 Å². The third kappa shape index (κ3) is 5.82. The quantitative estimate of drug-likeness (QED) is 0.285. The number of hydrogen-bond donors (Lipinski definition) is 0. The predicted molar refractivity (Wildman–Crippen MR) is 163 cm³/mol. The number of benzene rings is 2. The smallest absolute Gasteiger partial charge is 0.175 e. The maximum atomic E-state index is 11.7. The second kappa shape index (κ2) is 11.0. The van der Waals surface area contributed by atoms with Crippen LogP contribution in [0.3, 0.4) is 0 Å². The second-order valence-electron chi connectivity index (χ2n) is 9.99. The van der Waals surface area contributed by atoms with Gasteiger partial charge >= 0.3 is 0 Å². The molecular weight excluding hydrogens is 557 g/mol. The molecule has 0 saturated carbocycles. The summed E-state index contributed by atoms with van der Waals surface area (Å²) >= 11 is 0. The standard InChI is InChI=1S/C15H15N3O2S.C15H15N3OS/c1-10-7-13-14(17-18(2)15(13)16-9-10)11-5-4-6-12(8-11)21(3,19)20;1-10-7-13-14(17-18(2)15(13)16-9-10)11-5-4-6-12(8-11)20(3)19/h4-9H,1-3H3;4-9H,1-3H3. The second-order valence-corrected chi connectivity index (χ2v) is 13.4. The molecule has 9 nitrogen and oxygen atoms in total. The van der Waals surface area contributed by atoms with Gasteiger partial charge in [0.15, 0.2) is 21.1 Å². The van der Waals surface area contributed by atoms with Crippen LogP contribution in [0, 0.1) is 13.8 Å². The van der Waals surface area contributed by atoms with E-state index in [9.17, 15) is 12.6 Å². The van der Waals surface area contributed by atoms with Gasteiger partial charge in [-0.05, 0) is 61.4 Å². The summed E-state index contributed by atoms with van der Waals surface area (Å²) in [7, 11) is -0.520. The number of aromatic nitrogens is 6. The van der Waals surface area contributed by atoms with Crippen LogP contribution in [0.15, 0.2) is 82.8 Å². The molecule has 11 heteroatoms. The van der Waals surface area contributed by atoms with Crippen molar-refractivity contribution in [2.45, 2.75) is 23.6 Å². The van der Waals surface area contributed by atoms with Crippen molar-refractivity contribution in [3.05, 3.63) is 84.2 Å². The monoisotopic (exact) mass is 586 g/mol. The average Bonchev–Trinajstić information content (AvgIpc) is 3.44. The van der Waals surface area contributed by atoms with E-state index in [1.807, 2.05) is 70.5 Å². The Kier molecular flexibility index (Phi) is 7.58. The Labute approximate surface area is 241 Å². The topological polar surface area (TPSA) is 113 Å². The molecule has 0 aliphatic carbocycles. The van der Waals surface area contributed by atoms with Crippen LogP contribution in [0.5, 0.6) is 0 Å². The van der Waals surface area contributed by atoms with Crippen LogP contribution >= 0.6 is 0 Å². The van der Waals surface area contributed by atoms with Gasteiger partial charge in [0.25, 0.3) is 0 Å². The molecule has 0 aliphatic rings. The fourth-order valence-corrected chi connectivity index (χ4v) is 5.84. The Hall–Kier alpha value is -4.22. The molecular formula is C30H30N6O3S2. The summed E-state index contributed by atoms with van der Waals surface area (Å²) in [6.45, 7) is 3.98. The number of hydrogen-bond acceptors (Lipinski definition) is 7. The lowest BCUT2D eigenvalue weighted by atomic mass is 10.1. The Balaban J connectivity index is 0.000000165. The number of nitrogens with zero attached hydrogens (tertiary/aromatic N) is 6. The average molecular weight is 587 g/mol. The normalized spacial score (nSPS) is 12.3. The van der Waals surface area contributed by atoms with Gasteiger partial charge < -0.3 is 0 Å². The maximum Gasteiger partial charge on any atom is 0.175 e. The van der Waals surface area contributed by atoms with Gasteiger partial charge in [-0.1, -0.05) is 24.3 Å². The lowest BCUT2D eigenvalue weighted by Gasteiger charge is -2.02. The fourth-order valence-electron chi connectivity index (χ4n) is 4.61. The highest BCUT2D eigenvalue weighted by Crippen LogP contribution is 2.29. The minimum atomic E-state index is -3.24. The van der Waals surface area contributed by atoms with E-state index in [1.165, 1.54) is 6.26 Å². The van der Waals surface area contributed by atoms with Gasteiger partial charge in [-0.25, -0.2) is 27.7 Å². The van der Waals surface area contributed by atoms with Crippen LogP contribution in [0.4, 0.5) is 0 Å². The Morgan fingerprint density at radius 3 is 1.71 bits per heavy atom. The molecule has 0 saturated heterocycles. The van der Waals surface area contributed by atoms with Gasteiger partial charge in [0.1, 0.15) is 11.4 Å². The molecule has 210 valence electrons. The van der Waals surface area contributed by atoms with E-state index in [2.05, 4.69) is 26.2 Å². The molecule has 0 aliphatic heterocycles. The van der Waals surface area contributed by atoms with Crippen molar-refractivity contribution in [2.75, 3.05) is 12.5 Å². The highest BCUT2D eigenvalue weighted by atomic mass is 32.2. The predicted octanol–water partition coefficient (Wildman–Crippen LogP) is 5.03. The highest BCUT2D eigenvalue weighted by molar-refractivity contribution is 7.90. The van der Waals surface area contributed by atoms with E-state index in [1.54, 1.807) is 40.0 Å². The SMILES string of the molecule is Cc1cnc2c(c1)c(-c1cccc(S(C)(=O)=O)c1)nn2C.Cc1cnc2c(c1)c(-c1cccc(S(C)=O)c1)nn2C. The summed E-state index contributed by atoms with van der Waals surface area (Å²) in [5, 5.41) is 11.0. The number of aryl methyl sites for hydroxylation is 4. The fraction of sp³-hybridized carbons (Fsp3) is 0.200. The molecule has 4 heterocycles. The maximum absolute atomic E-state index is 11.7. The van der Waals surface area contributed by atoms with Crippen molar-refractivity contribution in [1.29, 1.82) is 0 Å². The molecule has 1 unspecified atom stereocenters. The number of sulfone groups is 1. The van der Waals surface area contributed by atoms with E-state index in [0.29, 0.717) is 4.90 Å². The van der Waals surface area contributed by atoms with Gasteiger partial charge in [0.2, 0.25) is 0 Å². The molecule has 0 radical (unpaired) electrons. The van der Waals surface area contributed by atoms with Crippen molar-refractivity contribution in [3.8, 4) is 22.5 Å². The summed E-state index contributed by atoms with van der Waals surface area (Å²) in [5.74, 6) is 0. The largest absolute Gasteiger partial charge is 0.255 e. The molecule has 6 aromatic rings. The van der Waals surface area contributed by atoms with Crippen molar-refractivity contribution < 1.29 is 12.6 Å². The third-order valence-corrected chi connectivity index (χ3v) is 8.63. The van der Waals surface area contributed by atoms with Crippen LogP contribution in [-0.4, -0.2) is 54.7 Å². The van der Waals surface area contributed by atoms with E-state index in [4.69, 9.17) is 0 Å². The minimum Gasteiger partial charge on any atom is -0.255 e. The van der Waals surface area contributed by atoms with Crippen LogP contribution in [0.1, 0.15) is 11.1 Å². The molecule has 6 rings (SSSR count). The van der Waals surface area contributed by atoms with Crippen molar-refractivity contribution in [2.24, 2.45) is 14.1 Å². The van der Waals surface area contributed by atoms with E-state index >= 15 is 0 Å². The van der Waals surface area contributed by atoms with Crippen LogP contribution in [-0.2, 0) is 34.7 Å². The molecule has 0 amide bonds. The number of rotatable bonds is 4. The molecule has 41 heavy (non-hydrogen) atoms. The molecule has 0 fully saturated rings. The number of fused-ring (bicyclic) bond motifs is 2. The van der Waals surface area contributed by atoms with E-state index < -0.39 is 20.6 Å². The van der Waals surface area contributed by atoms with Gasteiger partial charge in [0, 0.05) is 76.6 Å². The Morgan fingerprint density at radius 2 is 1.22 bits per heavy atom. The summed E-state index contributed by atoms with van der Waals surface area (Å²) in [5.41, 5.74) is 7.14. The van der Waals surface area contributed by atoms with Gasteiger partial charge in [0.05, 0.1) is 4.90 Å². The molecule has 4 aromatic heterocycles. The van der Waals surface area contributed by atoms with Gasteiger partial charge in [-0.3, -0.25) is 4.21 Å². The highest BCUT2D eigenvalue weighted by Gasteiger charge is 2.15. The molecule has 2 aromatic carbocycles. The zero-order valence-corrected chi connectivity index (χ0v) is 25.3. The lowest BCUT2D eigenvalue weighted by Crippen LogP contribution is -1.97. The van der Waals surface area contributed by atoms with Crippen LogP contribution < -0.4 is 0 Å². The zero-order valence-electron chi connectivity index (χ0n) is 23.7.